The molecule has 1 aliphatic heterocycles. The fourth-order valence-corrected chi connectivity index (χ4v) is 6.17. The summed E-state index contributed by atoms with van der Waals surface area (Å²) in [5.74, 6) is -0.650. The Balaban J connectivity index is 1.37. The lowest BCUT2D eigenvalue weighted by Crippen LogP contribution is -2.47. The largest absolute Gasteiger partial charge is 0.357 e. The highest BCUT2D eigenvalue weighted by molar-refractivity contribution is 8.04. The summed E-state index contributed by atoms with van der Waals surface area (Å²) in [6, 6.07) is 15.4. The molecule has 41 heavy (non-hydrogen) atoms. The molecule has 0 radical (unpaired) electrons. The third-order valence-corrected chi connectivity index (χ3v) is 9.28. The molecule has 1 aliphatic rings. The molecule has 12 heteroatoms. The van der Waals surface area contributed by atoms with Gasteiger partial charge >= 0.3 is 0 Å². The normalized spacial score (nSPS) is 15.3. The van der Waals surface area contributed by atoms with E-state index in [2.05, 4.69) is 15.6 Å². The van der Waals surface area contributed by atoms with Gasteiger partial charge < -0.3 is 10.6 Å². The first-order valence-electron chi connectivity index (χ1n) is 12.5. The molecule has 3 heterocycles. The molecule has 2 N–H and O–H groups in total. The lowest BCUT2D eigenvalue weighted by molar-refractivity contribution is -0.126. The van der Waals surface area contributed by atoms with Crippen LogP contribution in [0.25, 0.3) is 16.9 Å². The van der Waals surface area contributed by atoms with Crippen LogP contribution >= 0.6 is 58.2 Å². The van der Waals surface area contributed by atoms with Gasteiger partial charge in [0, 0.05) is 31.4 Å². The predicted octanol–water partition coefficient (Wildman–Crippen LogP) is 7.08. The molecule has 0 aliphatic carbocycles. The van der Waals surface area contributed by atoms with E-state index in [0.29, 0.717) is 31.4 Å². The summed E-state index contributed by atoms with van der Waals surface area (Å²) in [5.41, 5.74) is 3.98. The van der Waals surface area contributed by atoms with E-state index in [1.54, 1.807) is 42.7 Å². The van der Waals surface area contributed by atoms with Crippen LogP contribution in [-0.2, 0) is 16.0 Å². The highest BCUT2D eigenvalue weighted by Crippen LogP contribution is 2.45. The van der Waals surface area contributed by atoms with Crippen molar-refractivity contribution >= 4 is 70.0 Å². The van der Waals surface area contributed by atoms with Crippen LogP contribution in [0.5, 0.6) is 0 Å². The van der Waals surface area contributed by atoms with Gasteiger partial charge in [-0.1, -0.05) is 58.5 Å². The van der Waals surface area contributed by atoms with Gasteiger partial charge in [-0.2, -0.15) is 5.10 Å². The molecule has 7 nitrogen and oxygen atoms in total. The quantitative estimate of drug-likeness (QED) is 0.214. The maximum atomic E-state index is 13.3. The topological polar surface area (TPSA) is 88.9 Å². The van der Waals surface area contributed by atoms with Crippen LogP contribution < -0.4 is 10.6 Å². The second kappa shape index (κ2) is 12.9. The summed E-state index contributed by atoms with van der Waals surface area (Å²) in [4.78, 5) is 30.7. The summed E-state index contributed by atoms with van der Waals surface area (Å²) in [5, 5.41) is 11.9. The lowest BCUT2D eigenvalue weighted by Gasteiger charge is -2.18. The number of rotatable bonds is 8. The van der Waals surface area contributed by atoms with Crippen molar-refractivity contribution in [1.29, 1.82) is 0 Å². The summed E-state index contributed by atoms with van der Waals surface area (Å²) in [6.07, 6.45) is 6.17. The van der Waals surface area contributed by atoms with E-state index in [4.69, 9.17) is 51.5 Å². The van der Waals surface area contributed by atoms with Gasteiger partial charge in [0.1, 0.15) is 6.04 Å². The Morgan fingerprint density at radius 1 is 1.02 bits per heavy atom. The van der Waals surface area contributed by atoms with E-state index in [0.717, 1.165) is 28.2 Å². The summed E-state index contributed by atoms with van der Waals surface area (Å²) >= 11 is 26.1. The van der Waals surface area contributed by atoms with Crippen molar-refractivity contribution in [3.05, 3.63) is 109 Å². The number of benzene rings is 2. The molecule has 210 valence electrons. The first-order chi connectivity index (χ1) is 19.7. The number of pyridine rings is 1. The van der Waals surface area contributed by atoms with Crippen LogP contribution in [0.3, 0.4) is 0 Å². The first kappa shape index (κ1) is 29.5. The van der Waals surface area contributed by atoms with Crippen molar-refractivity contribution in [2.24, 2.45) is 0 Å². The molecule has 0 saturated heterocycles. The Morgan fingerprint density at radius 2 is 1.78 bits per heavy atom. The Labute approximate surface area is 261 Å². The maximum Gasteiger partial charge on any atom is 0.258 e. The van der Waals surface area contributed by atoms with Gasteiger partial charge in [-0.05, 0) is 60.5 Å². The van der Waals surface area contributed by atoms with Crippen molar-refractivity contribution in [2.75, 3.05) is 7.05 Å². The summed E-state index contributed by atoms with van der Waals surface area (Å²) in [6.45, 7) is 0. The van der Waals surface area contributed by atoms with Crippen LogP contribution in [0, 0.1) is 0 Å². The van der Waals surface area contributed by atoms with Gasteiger partial charge in [0.15, 0.2) is 0 Å². The molecule has 4 aromatic rings. The zero-order valence-corrected chi connectivity index (χ0v) is 25.4. The van der Waals surface area contributed by atoms with Gasteiger partial charge in [0.05, 0.1) is 47.3 Å². The number of likely N-dealkylation sites (N-methyl/N-ethyl adjacent to an activating group) is 1. The van der Waals surface area contributed by atoms with Gasteiger partial charge in [-0.25, -0.2) is 4.68 Å². The Hall–Kier alpha value is -3.01. The third-order valence-electron chi connectivity index (χ3n) is 6.47. The van der Waals surface area contributed by atoms with Crippen molar-refractivity contribution in [2.45, 2.75) is 24.1 Å². The van der Waals surface area contributed by atoms with Crippen molar-refractivity contribution in [1.82, 2.24) is 25.4 Å². The molecule has 2 amide bonds. The predicted molar refractivity (Wildman–Crippen MR) is 166 cm³/mol. The number of nitrogens with one attached hydrogen (secondary N) is 2. The van der Waals surface area contributed by atoms with Crippen LogP contribution in [0.15, 0.2) is 78.0 Å². The minimum atomic E-state index is -0.802. The smallest absolute Gasteiger partial charge is 0.258 e. The lowest BCUT2D eigenvalue weighted by atomic mass is 10.1. The second-order valence-electron chi connectivity index (χ2n) is 9.21. The zero-order valence-electron chi connectivity index (χ0n) is 21.6. The monoisotopic (exact) mass is 645 g/mol. The van der Waals surface area contributed by atoms with Crippen LogP contribution in [-0.4, -0.2) is 39.7 Å². The number of amides is 2. The zero-order chi connectivity index (χ0) is 29.1. The molecule has 2 atom stereocenters. The van der Waals surface area contributed by atoms with Gasteiger partial charge in [-0.3, -0.25) is 14.6 Å². The number of aromatic nitrogens is 3. The van der Waals surface area contributed by atoms with Gasteiger partial charge in [0.2, 0.25) is 5.91 Å². The van der Waals surface area contributed by atoms with E-state index < -0.39 is 6.04 Å². The van der Waals surface area contributed by atoms with Crippen molar-refractivity contribution in [3.8, 4) is 16.9 Å². The number of carbonyl (C=O) groups is 2. The highest BCUT2D eigenvalue weighted by Gasteiger charge is 2.30. The molecule has 5 rings (SSSR count). The molecular weight excluding hydrogens is 624 g/mol. The number of carbonyl (C=O) groups excluding carboxylic acids is 2. The van der Waals surface area contributed by atoms with Crippen LogP contribution in [0.4, 0.5) is 0 Å². The molecule has 1 unspecified atom stereocenters. The fraction of sp³-hybridized carbons (Fsp3) is 0.172. The Bertz CT molecular complexity index is 1640. The molecule has 0 fully saturated rings. The average molecular weight is 647 g/mol. The molecule has 0 bridgehead atoms. The van der Waals surface area contributed by atoms with E-state index >= 15 is 0 Å². The second-order valence-corrected chi connectivity index (χ2v) is 12.1. The average Bonchev–Trinajstić information content (AvgIpc) is 3.64. The third kappa shape index (κ3) is 6.74. The Kier molecular flexibility index (Phi) is 9.26. The molecule has 0 spiro atoms. The van der Waals surface area contributed by atoms with Crippen LogP contribution in [0.1, 0.15) is 22.9 Å². The fourth-order valence-electron chi connectivity index (χ4n) is 4.41. The number of nitrogens with zero attached hydrogens (tertiary/aromatic N) is 3. The van der Waals surface area contributed by atoms with E-state index in [-0.39, 0.29) is 23.5 Å². The number of halogens is 4. The molecule has 0 saturated carbocycles. The number of allylic oxidation sites excluding steroid dienone is 1. The SMILES string of the molecule is CNC(=O)[C@H](Cc1ccc(Cl)c(Cl)c1)NC(=O)C1=CCC(c2cc(-c3cccnc3)nn2-c2ccc(Cl)c(Cl)c2)S1. The first-order valence-corrected chi connectivity index (χ1v) is 14.9. The van der Waals surface area contributed by atoms with E-state index in [1.165, 1.54) is 18.8 Å². The maximum absolute atomic E-state index is 13.3. The van der Waals surface area contributed by atoms with Crippen LogP contribution in [0.2, 0.25) is 20.1 Å². The Morgan fingerprint density at radius 3 is 2.46 bits per heavy atom. The minimum Gasteiger partial charge on any atom is -0.357 e. The molecule has 2 aromatic carbocycles. The number of hydrogen-bond donors (Lipinski definition) is 2. The van der Waals surface area contributed by atoms with Crippen molar-refractivity contribution in [3.63, 3.8) is 0 Å². The summed E-state index contributed by atoms with van der Waals surface area (Å²) < 4.78 is 1.81. The highest BCUT2D eigenvalue weighted by atomic mass is 35.5. The van der Waals surface area contributed by atoms with E-state index in [9.17, 15) is 9.59 Å². The number of hydrogen-bond acceptors (Lipinski definition) is 5. The van der Waals surface area contributed by atoms with Gasteiger partial charge in [-0.15, -0.1) is 11.8 Å². The molecular formula is C29H23Cl4N5O2S. The van der Waals surface area contributed by atoms with E-state index in [1.807, 2.05) is 35.0 Å². The van der Waals surface area contributed by atoms with Crippen molar-refractivity contribution < 1.29 is 9.59 Å². The standard InChI is InChI=1S/C29H23Cl4N5O2S/c1-34-28(39)24(12-16-4-6-19(30)21(32)11-16)36-29(40)27-9-8-26(41-27)25-14-23(17-3-2-10-35-15-17)37-38(25)18-5-7-20(31)22(33)13-18/h2-7,9-11,13-15,24,26H,8,12H2,1H3,(H,34,39)(H,36,40)/t24-,26?/m0/s1. The molecule has 2 aromatic heterocycles. The van der Waals surface area contributed by atoms with Gasteiger partial charge in [0.25, 0.3) is 5.91 Å². The minimum absolute atomic E-state index is 0.114. The summed E-state index contributed by atoms with van der Waals surface area (Å²) in [7, 11) is 1.53. The number of thioether (sulfide) groups is 1.